The molecule has 0 amide bonds. The number of rotatable bonds is 10. The molecule has 0 aromatic rings. The molecule has 0 saturated heterocycles. The molecule has 0 aliphatic carbocycles. The molecule has 86 valence electrons. The lowest BCUT2D eigenvalue weighted by Crippen LogP contribution is -2.18. The zero-order chi connectivity index (χ0) is 10.6. The molecule has 0 aromatic carbocycles. The number of unbranched alkanes of at least 4 members (excludes halogenated alkanes) is 5. The Morgan fingerprint density at radius 1 is 0.857 bits per heavy atom. The number of nitrogens with zero attached hydrogens (tertiary/aromatic N) is 1. The van der Waals surface area contributed by atoms with Gasteiger partial charge in [-0.1, -0.05) is 39.0 Å². The molecular weight excluding hydrogens is 174 g/mol. The van der Waals surface area contributed by atoms with E-state index in [1.807, 2.05) is 0 Å². The molecule has 0 radical (unpaired) electrons. The second-order valence-corrected chi connectivity index (χ2v) is 4.18. The molecule has 0 aromatic heterocycles. The SMILES string of the molecule is CCCCCCCCOCCN(C)C. The van der Waals surface area contributed by atoms with Crippen molar-refractivity contribution in [2.45, 2.75) is 45.4 Å². The van der Waals surface area contributed by atoms with Crippen LogP contribution in [0, 0.1) is 0 Å². The molecule has 2 nitrogen and oxygen atoms in total. The highest BCUT2D eigenvalue weighted by Crippen LogP contribution is 2.04. The highest BCUT2D eigenvalue weighted by Gasteiger charge is 1.92. The van der Waals surface area contributed by atoms with Crippen molar-refractivity contribution in [2.75, 3.05) is 33.9 Å². The van der Waals surface area contributed by atoms with Gasteiger partial charge in [0.2, 0.25) is 0 Å². The Morgan fingerprint density at radius 2 is 1.50 bits per heavy atom. The Morgan fingerprint density at radius 3 is 2.14 bits per heavy atom. The van der Waals surface area contributed by atoms with Gasteiger partial charge in [0, 0.05) is 13.2 Å². The lowest BCUT2D eigenvalue weighted by atomic mass is 10.1. The first-order valence-corrected chi connectivity index (χ1v) is 6.00. The van der Waals surface area contributed by atoms with E-state index in [4.69, 9.17) is 4.74 Å². The molecule has 0 fully saturated rings. The third-order valence-electron chi connectivity index (χ3n) is 2.33. The molecule has 0 aliphatic rings. The summed E-state index contributed by atoms with van der Waals surface area (Å²) in [5.41, 5.74) is 0. The minimum absolute atomic E-state index is 0.877. The van der Waals surface area contributed by atoms with Crippen LogP contribution in [0.5, 0.6) is 0 Å². The maximum Gasteiger partial charge on any atom is 0.0593 e. The van der Waals surface area contributed by atoms with Crippen LogP contribution in [-0.2, 0) is 4.74 Å². The summed E-state index contributed by atoms with van der Waals surface area (Å²) < 4.78 is 5.51. The summed E-state index contributed by atoms with van der Waals surface area (Å²) in [5, 5.41) is 0. The molecule has 0 atom stereocenters. The number of hydrogen-bond acceptors (Lipinski definition) is 2. The fourth-order valence-corrected chi connectivity index (χ4v) is 1.33. The van der Waals surface area contributed by atoms with Gasteiger partial charge in [-0.15, -0.1) is 0 Å². The van der Waals surface area contributed by atoms with Crippen LogP contribution in [0.4, 0.5) is 0 Å². The number of hydrogen-bond donors (Lipinski definition) is 0. The Labute approximate surface area is 89.6 Å². The van der Waals surface area contributed by atoms with Crippen LogP contribution < -0.4 is 0 Å². The molecule has 0 unspecified atom stereocenters. The highest BCUT2D eigenvalue weighted by atomic mass is 16.5. The fraction of sp³-hybridized carbons (Fsp3) is 1.00. The summed E-state index contributed by atoms with van der Waals surface area (Å²) in [6, 6.07) is 0. The second kappa shape index (κ2) is 11.0. The van der Waals surface area contributed by atoms with E-state index >= 15 is 0 Å². The summed E-state index contributed by atoms with van der Waals surface area (Å²) in [4.78, 5) is 2.15. The van der Waals surface area contributed by atoms with Gasteiger partial charge in [-0.25, -0.2) is 0 Å². The maximum absolute atomic E-state index is 5.51. The lowest BCUT2D eigenvalue weighted by molar-refractivity contribution is 0.114. The van der Waals surface area contributed by atoms with Crippen LogP contribution in [0.3, 0.4) is 0 Å². The van der Waals surface area contributed by atoms with E-state index in [1.54, 1.807) is 0 Å². The van der Waals surface area contributed by atoms with Gasteiger partial charge in [-0.05, 0) is 20.5 Å². The van der Waals surface area contributed by atoms with Gasteiger partial charge in [-0.2, -0.15) is 0 Å². The first-order valence-electron chi connectivity index (χ1n) is 6.00. The van der Waals surface area contributed by atoms with E-state index in [1.165, 1.54) is 38.5 Å². The van der Waals surface area contributed by atoms with E-state index < -0.39 is 0 Å². The van der Waals surface area contributed by atoms with Gasteiger partial charge in [0.1, 0.15) is 0 Å². The monoisotopic (exact) mass is 201 g/mol. The molecule has 0 saturated carbocycles. The van der Waals surface area contributed by atoms with Gasteiger partial charge >= 0.3 is 0 Å². The molecule has 0 spiro atoms. The van der Waals surface area contributed by atoms with Crippen LogP contribution in [0.1, 0.15) is 45.4 Å². The first-order chi connectivity index (χ1) is 6.77. The fourth-order valence-electron chi connectivity index (χ4n) is 1.33. The molecule has 0 N–H and O–H groups in total. The minimum Gasteiger partial charge on any atom is -0.380 e. The highest BCUT2D eigenvalue weighted by molar-refractivity contribution is 4.44. The van der Waals surface area contributed by atoms with Crippen LogP contribution in [0.15, 0.2) is 0 Å². The van der Waals surface area contributed by atoms with Crippen molar-refractivity contribution in [1.29, 1.82) is 0 Å². The number of likely N-dealkylation sites (N-methyl/N-ethyl adjacent to an activating group) is 1. The van der Waals surface area contributed by atoms with Crippen molar-refractivity contribution < 1.29 is 4.74 Å². The van der Waals surface area contributed by atoms with E-state index in [0.29, 0.717) is 0 Å². The van der Waals surface area contributed by atoms with E-state index in [9.17, 15) is 0 Å². The molecule has 2 heteroatoms. The minimum atomic E-state index is 0.877. The van der Waals surface area contributed by atoms with Crippen molar-refractivity contribution >= 4 is 0 Å². The molecule has 0 heterocycles. The normalized spacial score (nSPS) is 11.1. The van der Waals surface area contributed by atoms with Crippen molar-refractivity contribution in [2.24, 2.45) is 0 Å². The summed E-state index contributed by atoms with van der Waals surface area (Å²) in [6.45, 7) is 5.11. The molecule has 14 heavy (non-hydrogen) atoms. The molecular formula is C12H27NO. The average Bonchev–Trinajstić information content (AvgIpc) is 2.15. The smallest absolute Gasteiger partial charge is 0.0593 e. The van der Waals surface area contributed by atoms with Gasteiger partial charge < -0.3 is 9.64 Å². The van der Waals surface area contributed by atoms with Crippen molar-refractivity contribution in [1.82, 2.24) is 4.90 Å². The van der Waals surface area contributed by atoms with Gasteiger partial charge in [-0.3, -0.25) is 0 Å². The maximum atomic E-state index is 5.51. The number of ether oxygens (including phenoxy) is 1. The van der Waals surface area contributed by atoms with E-state index in [0.717, 1.165) is 19.8 Å². The standard InChI is InChI=1S/C12H27NO/c1-4-5-6-7-8-9-11-14-12-10-13(2)3/h4-12H2,1-3H3. The van der Waals surface area contributed by atoms with Crippen molar-refractivity contribution in [3.05, 3.63) is 0 Å². The molecule has 0 aliphatic heterocycles. The first kappa shape index (κ1) is 13.9. The van der Waals surface area contributed by atoms with Crippen LogP contribution >= 0.6 is 0 Å². The second-order valence-electron chi connectivity index (χ2n) is 4.18. The van der Waals surface area contributed by atoms with E-state index in [2.05, 4.69) is 25.9 Å². The van der Waals surface area contributed by atoms with Crippen molar-refractivity contribution in [3.63, 3.8) is 0 Å². The predicted molar refractivity (Wildman–Crippen MR) is 62.7 cm³/mol. The quantitative estimate of drug-likeness (QED) is 0.504. The van der Waals surface area contributed by atoms with E-state index in [-0.39, 0.29) is 0 Å². The topological polar surface area (TPSA) is 12.5 Å². The summed E-state index contributed by atoms with van der Waals surface area (Å²) >= 11 is 0. The van der Waals surface area contributed by atoms with Gasteiger partial charge in [0.15, 0.2) is 0 Å². The van der Waals surface area contributed by atoms with Gasteiger partial charge in [0.05, 0.1) is 6.61 Å². The Bertz CT molecular complexity index is 104. The Balaban J connectivity index is 2.85. The Hall–Kier alpha value is -0.0800. The van der Waals surface area contributed by atoms with Crippen LogP contribution in [0.25, 0.3) is 0 Å². The van der Waals surface area contributed by atoms with Crippen molar-refractivity contribution in [3.8, 4) is 0 Å². The summed E-state index contributed by atoms with van der Waals surface area (Å²) in [7, 11) is 4.15. The summed E-state index contributed by atoms with van der Waals surface area (Å²) in [5.74, 6) is 0. The Kier molecular flexibility index (Phi) is 10.9. The van der Waals surface area contributed by atoms with Crippen LogP contribution in [-0.4, -0.2) is 38.8 Å². The van der Waals surface area contributed by atoms with Gasteiger partial charge in [0.25, 0.3) is 0 Å². The third-order valence-corrected chi connectivity index (χ3v) is 2.33. The largest absolute Gasteiger partial charge is 0.380 e. The van der Waals surface area contributed by atoms with Crippen LogP contribution in [0.2, 0.25) is 0 Å². The molecule has 0 rings (SSSR count). The zero-order valence-electron chi connectivity index (χ0n) is 10.2. The predicted octanol–water partition coefficient (Wildman–Crippen LogP) is 2.93. The zero-order valence-corrected chi connectivity index (χ0v) is 10.2. The average molecular weight is 201 g/mol. The molecule has 0 bridgehead atoms. The summed E-state index contributed by atoms with van der Waals surface area (Å²) in [6.07, 6.45) is 8.07. The lowest BCUT2D eigenvalue weighted by Gasteiger charge is -2.09. The third kappa shape index (κ3) is 11.9.